The lowest BCUT2D eigenvalue weighted by atomic mass is 10.1. The van der Waals surface area contributed by atoms with Crippen LogP contribution in [0, 0.1) is 0 Å². The van der Waals surface area contributed by atoms with E-state index >= 15 is 0 Å². The Bertz CT molecular complexity index is 818. The van der Waals surface area contributed by atoms with Gasteiger partial charge in [-0.1, -0.05) is 12.1 Å². The van der Waals surface area contributed by atoms with Crippen molar-refractivity contribution in [3.8, 4) is 0 Å². The van der Waals surface area contributed by atoms with Crippen molar-refractivity contribution >= 4 is 11.8 Å². The molecule has 10 heteroatoms. The van der Waals surface area contributed by atoms with Gasteiger partial charge in [0.15, 0.2) is 5.76 Å². The van der Waals surface area contributed by atoms with Crippen molar-refractivity contribution in [2.45, 2.75) is 12.7 Å². The molecule has 1 fully saturated rings. The topological polar surface area (TPSA) is 73.3 Å². The highest BCUT2D eigenvalue weighted by Crippen LogP contribution is 2.29. The third-order valence-corrected chi connectivity index (χ3v) is 5.22. The van der Waals surface area contributed by atoms with E-state index in [0.717, 1.165) is 25.2 Å². The summed E-state index contributed by atoms with van der Waals surface area (Å²) in [7, 11) is 1.47. The van der Waals surface area contributed by atoms with Gasteiger partial charge in [-0.05, 0) is 17.7 Å². The maximum absolute atomic E-state index is 12.7. The van der Waals surface area contributed by atoms with Gasteiger partial charge in [0, 0.05) is 39.8 Å². The summed E-state index contributed by atoms with van der Waals surface area (Å²) in [6, 6.07) is 4.51. The highest BCUT2D eigenvalue weighted by molar-refractivity contribution is 6.06. The van der Waals surface area contributed by atoms with Gasteiger partial charge in [0.1, 0.15) is 0 Å². The first kappa shape index (κ1) is 22.1. The number of aliphatic hydroxyl groups is 1. The summed E-state index contributed by atoms with van der Waals surface area (Å²) in [4.78, 5) is 29.8. The van der Waals surface area contributed by atoms with Crippen molar-refractivity contribution < 1.29 is 32.6 Å². The number of hydrogen-bond donors (Lipinski definition) is 1. The van der Waals surface area contributed by atoms with Crippen LogP contribution in [0.25, 0.3) is 0 Å². The second-order valence-corrected chi connectivity index (χ2v) is 7.36. The molecule has 0 spiro atoms. The molecule has 2 amide bonds. The summed E-state index contributed by atoms with van der Waals surface area (Å²) in [5, 5.41) is 10.2. The minimum absolute atomic E-state index is 0.00334. The van der Waals surface area contributed by atoms with E-state index in [1.165, 1.54) is 29.0 Å². The Kier molecular flexibility index (Phi) is 6.67. The van der Waals surface area contributed by atoms with Gasteiger partial charge in [-0.25, -0.2) is 0 Å². The van der Waals surface area contributed by atoms with Crippen molar-refractivity contribution in [2.24, 2.45) is 0 Å². The van der Waals surface area contributed by atoms with Gasteiger partial charge in [-0.15, -0.1) is 0 Å². The summed E-state index contributed by atoms with van der Waals surface area (Å²) in [6.45, 7) is 3.85. The highest BCUT2D eigenvalue weighted by atomic mass is 19.4. The first-order chi connectivity index (χ1) is 14.2. The van der Waals surface area contributed by atoms with Gasteiger partial charge >= 0.3 is 6.18 Å². The van der Waals surface area contributed by atoms with Gasteiger partial charge in [0.25, 0.3) is 11.8 Å². The third kappa shape index (κ3) is 5.11. The van der Waals surface area contributed by atoms with Crippen LogP contribution in [0.5, 0.6) is 0 Å². The predicted molar refractivity (Wildman–Crippen MR) is 101 cm³/mol. The van der Waals surface area contributed by atoms with Crippen molar-refractivity contribution in [3.63, 3.8) is 0 Å². The lowest BCUT2D eigenvalue weighted by Crippen LogP contribution is -2.42. The number of alkyl halides is 3. The zero-order valence-electron chi connectivity index (χ0n) is 16.6. The Morgan fingerprint density at radius 1 is 1.17 bits per heavy atom. The number of hydrogen-bond acceptors (Lipinski definition) is 5. The lowest BCUT2D eigenvalue weighted by molar-refractivity contribution is -0.137. The van der Waals surface area contributed by atoms with Crippen LogP contribution in [-0.4, -0.2) is 84.6 Å². The summed E-state index contributed by atoms with van der Waals surface area (Å²) >= 11 is 0. The molecule has 3 rings (SSSR count). The SMILES string of the molecule is CN(Cc1ccc(C(F)(F)F)cc1)C(=O)C1=C(O)C(=O)N(CCN2CCOCC2)C1. The molecule has 0 aliphatic carbocycles. The summed E-state index contributed by atoms with van der Waals surface area (Å²) in [6.07, 6.45) is -4.42. The van der Waals surface area contributed by atoms with Gasteiger partial charge in [0.05, 0.1) is 30.9 Å². The third-order valence-electron chi connectivity index (χ3n) is 5.22. The van der Waals surface area contributed by atoms with Crippen LogP contribution >= 0.6 is 0 Å². The maximum atomic E-state index is 12.7. The van der Waals surface area contributed by atoms with E-state index in [-0.39, 0.29) is 18.7 Å². The molecule has 0 unspecified atom stereocenters. The number of benzene rings is 1. The fourth-order valence-electron chi connectivity index (χ4n) is 3.43. The minimum Gasteiger partial charge on any atom is -0.503 e. The molecule has 0 aromatic heterocycles. The van der Waals surface area contributed by atoms with E-state index in [9.17, 15) is 27.9 Å². The van der Waals surface area contributed by atoms with Crippen LogP contribution in [0.1, 0.15) is 11.1 Å². The Labute approximate surface area is 172 Å². The zero-order valence-corrected chi connectivity index (χ0v) is 16.6. The lowest BCUT2D eigenvalue weighted by Gasteiger charge is -2.28. The summed E-state index contributed by atoms with van der Waals surface area (Å²) < 4.78 is 43.3. The van der Waals surface area contributed by atoms with Crippen LogP contribution in [-0.2, 0) is 27.0 Å². The number of carbonyl (C=O) groups excluding carboxylic acids is 2. The number of amides is 2. The molecule has 1 saturated heterocycles. The van der Waals surface area contributed by atoms with Crippen molar-refractivity contribution in [2.75, 3.05) is 53.0 Å². The molecular formula is C20H24F3N3O4. The van der Waals surface area contributed by atoms with Crippen molar-refractivity contribution in [1.29, 1.82) is 0 Å². The summed E-state index contributed by atoms with van der Waals surface area (Å²) in [5.74, 6) is -1.69. The van der Waals surface area contributed by atoms with E-state index in [1.807, 2.05) is 0 Å². The number of carbonyl (C=O) groups is 2. The number of halogens is 3. The fraction of sp³-hybridized carbons (Fsp3) is 0.500. The largest absolute Gasteiger partial charge is 0.503 e. The van der Waals surface area contributed by atoms with E-state index in [0.29, 0.717) is 31.9 Å². The van der Waals surface area contributed by atoms with Crippen LogP contribution in [0.4, 0.5) is 13.2 Å². The van der Waals surface area contributed by atoms with Gasteiger partial charge in [0.2, 0.25) is 0 Å². The van der Waals surface area contributed by atoms with Crippen LogP contribution in [0.3, 0.4) is 0 Å². The second-order valence-electron chi connectivity index (χ2n) is 7.36. The van der Waals surface area contributed by atoms with E-state index in [4.69, 9.17) is 4.74 Å². The second kappa shape index (κ2) is 9.05. The molecule has 1 aromatic rings. The molecule has 30 heavy (non-hydrogen) atoms. The monoisotopic (exact) mass is 427 g/mol. The molecule has 0 saturated carbocycles. The van der Waals surface area contributed by atoms with Gasteiger partial charge in [-0.2, -0.15) is 13.2 Å². The quantitative estimate of drug-likeness (QED) is 0.748. The molecule has 164 valence electrons. The van der Waals surface area contributed by atoms with Crippen LogP contribution in [0.2, 0.25) is 0 Å². The molecule has 1 aromatic carbocycles. The van der Waals surface area contributed by atoms with E-state index in [2.05, 4.69) is 4.90 Å². The molecular weight excluding hydrogens is 403 g/mol. The molecule has 2 aliphatic heterocycles. The van der Waals surface area contributed by atoms with Gasteiger partial charge in [-0.3, -0.25) is 14.5 Å². The molecule has 7 nitrogen and oxygen atoms in total. The Hall–Kier alpha value is -2.59. The number of aliphatic hydroxyl groups excluding tert-OH is 1. The van der Waals surface area contributed by atoms with Crippen molar-refractivity contribution in [1.82, 2.24) is 14.7 Å². The average Bonchev–Trinajstić information content (AvgIpc) is 3.00. The number of morpholine rings is 1. The van der Waals surface area contributed by atoms with Crippen molar-refractivity contribution in [3.05, 3.63) is 46.7 Å². The predicted octanol–water partition coefficient (Wildman–Crippen LogP) is 1.65. The Morgan fingerprint density at radius 3 is 2.40 bits per heavy atom. The first-order valence-corrected chi connectivity index (χ1v) is 9.60. The first-order valence-electron chi connectivity index (χ1n) is 9.60. The number of likely N-dealkylation sites (N-methyl/N-ethyl adjacent to an activating group) is 1. The van der Waals surface area contributed by atoms with E-state index in [1.54, 1.807) is 0 Å². The standard InChI is InChI=1S/C20H24F3N3O4/c1-24(12-14-2-4-15(5-3-14)20(21,22)23)18(28)16-13-26(19(29)17(16)27)7-6-25-8-10-30-11-9-25/h2-5,27H,6-13H2,1H3. The smallest absolute Gasteiger partial charge is 0.416 e. The maximum Gasteiger partial charge on any atom is 0.416 e. The molecule has 0 radical (unpaired) electrons. The highest BCUT2D eigenvalue weighted by Gasteiger charge is 2.35. The number of rotatable bonds is 6. The average molecular weight is 427 g/mol. The fourth-order valence-corrected chi connectivity index (χ4v) is 3.43. The van der Waals surface area contributed by atoms with Crippen LogP contribution < -0.4 is 0 Å². The molecule has 1 N–H and O–H groups in total. The minimum atomic E-state index is -4.42. The molecule has 0 atom stereocenters. The number of ether oxygens (including phenoxy) is 1. The summed E-state index contributed by atoms with van der Waals surface area (Å²) in [5.41, 5.74) is -0.262. The molecule has 2 aliphatic rings. The van der Waals surface area contributed by atoms with E-state index < -0.39 is 29.3 Å². The number of nitrogens with zero attached hydrogens (tertiary/aromatic N) is 3. The Morgan fingerprint density at radius 2 is 1.80 bits per heavy atom. The molecule has 0 bridgehead atoms. The zero-order chi connectivity index (χ0) is 21.9. The molecule has 2 heterocycles. The van der Waals surface area contributed by atoms with Crippen LogP contribution in [0.15, 0.2) is 35.6 Å². The Balaban J connectivity index is 1.57. The van der Waals surface area contributed by atoms with Gasteiger partial charge < -0.3 is 19.6 Å². The normalized spacial score (nSPS) is 18.3.